The number of halogens is 1. The second-order valence-electron chi connectivity index (χ2n) is 7.47. The minimum Gasteiger partial charge on any atom is -0.413 e. The second kappa shape index (κ2) is 7.45. The van der Waals surface area contributed by atoms with Gasteiger partial charge in [-0.3, -0.25) is 10.1 Å². The van der Waals surface area contributed by atoms with Gasteiger partial charge < -0.3 is 4.43 Å². The van der Waals surface area contributed by atoms with Crippen LogP contribution in [-0.4, -0.2) is 14.0 Å². The molecule has 0 amide bonds. The van der Waals surface area contributed by atoms with Gasteiger partial charge in [0.05, 0.1) is 11.0 Å². The zero-order chi connectivity index (χ0) is 18.8. The molecule has 1 atom stereocenters. The van der Waals surface area contributed by atoms with E-state index in [1.54, 1.807) is 12.1 Å². The maximum absolute atomic E-state index is 14.1. The molecule has 0 saturated carbocycles. The molecule has 0 saturated heterocycles. The molecule has 4 nitrogen and oxygen atoms in total. The first-order valence-electron chi connectivity index (χ1n) is 8.29. The molecular formula is C19H24FNO3Si. The summed E-state index contributed by atoms with van der Waals surface area (Å²) in [5.41, 5.74) is 1.69. The molecule has 0 aliphatic rings. The van der Waals surface area contributed by atoms with Crippen molar-refractivity contribution in [3.05, 3.63) is 64.0 Å². The summed E-state index contributed by atoms with van der Waals surface area (Å²) in [6.45, 7) is 10.6. The van der Waals surface area contributed by atoms with E-state index >= 15 is 0 Å². The largest absolute Gasteiger partial charge is 0.413 e. The van der Waals surface area contributed by atoms with Gasteiger partial charge in [0, 0.05) is 17.7 Å². The minimum absolute atomic E-state index is 0.0387. The third kappa shape index (κ3) is 4.73. The molecule has 0 bridgehead atoms. The molecule has 25 heavy (non-hydrogen) atoms. The summed E-state index contributed by atoms with van der Waals surface area (Å²) in [7, 11) is -1.23. The molecule has 0 fully saturated rings. The van der Waals surface area contributed by atoms with E-state index in [0.717, 1.165) is 11.6 Å². The molecule has 0 heterocycles. The van der Waals surface area contributed by atoms with Crippen LogP contribution in [0.15, 0.2) is 42.5 Å². The summed E-state index contributed by atoms with van der Waals surface area (Å²) < 4.78 is 20.3. The summed E-state index contributed by atoms with van der Waals surface area (Å²) >= 11 is 0. The first-order chi connectivity index (χ1) is 11.6. The van der Waals surface area contributed by atoms with E-state index in [-0.39, 0.29) is 22.8 Å². The van der Waals surface area contributed by atoms with Gasteiger partial charge in [0.25, 0.3) is 5.69 Å². The molecular weight excluding hydrogens is 337 g/mol. The Bertz CT molecular complexity index is 754. The van der Waals surface area contributed by atoms with Crippen LogP contribution >= 0.6 is 0 Å². The van der Waals surface area contributed by atoms with Crippen LogP contribution in [-0.2, 0) is 4.43 Å². The van der Waals surface area contributed by atoms with Crippen LogP contribution in [0.3, 0.4) is 0 Å². The lowest BCUT2D eigenvalue weighted by Crippen LogP contribution is -2.25. The van der Waals surface area contributed by atoms with Gasteiger partial charge in [-0.05, 0) is 35.7 Å². The lowest BCUT2D eigenvalue weighted by Gasteiger charge is -2.33. The number of rotatable bonds is 5. The number of nitrogens with zero attached hydrogens (tertiary/aromatic N) is 1. The molecule has 0 N–H and O–H groups in total. The van der Waals surface area contributed by atoms with Crippen LogP contribution in [0.1, 0.15) is 32.4 Å². The molecule has 0 spiro atoms. The highest BCUT2D eigenvalue weighted by Gasteiger charge is 2.28. The Morgan fingerprint density at radius 1 is 1.12 bits per heavy atom. The number of non-ortho nitro benzene ring substituents is 1. The highest BCUT2D eigenvalue weighted by molar-refractivity contribution is 6.48. The molecule has 2 aromatic rings. The number of hydrogen-bond acceptors (Lipinski definition) is 3. The summed E-state index contributed by atoms with van der Waals surface area (Å²) in [4.78, 5) is 10.4. The monoisotopic (exact) mass is 361 g/mol. The zero-order valence-electron chi connectivity index (χ0n) is 15.2. The van der Waals surface area contributed by atoms with Gasteiger partial charge in [-0.15, -0.1) is 0 Å². The predicted molar refractivity (Wildman–Crippen MR) is 101 cm³/mol. The molecule has 0 aliphatic heterocycles. The maximum atomic E-state index is 14.1. The number of nitro benzene ring substituents is 1. The van der Waals surface area contributed by atoms with Gasteiger partial charge in [-0.2, -0.15) is 0 Å². The number of benzene rings is 2. The Kier molecular flexibility index (Phi) is 5.75. The van der Waals surface area contributed by atoms with Crippen molar-refractivity contribution in [1.29, 1.82) is 0 Å². The lowest BCUT2D eigenvalue weighted by atomic mass is 9.84. The van der Waals surface area contributed by atoms with E-state index < -0.39 is 19.8 Å². The van der Waals surface area contributed by atoms with E-state index in [9.17, 15) is 14.5 Å². The fourth-order valence-electron chi connectivity index (χ4n) is 2.74. The third-order valence-corrected chi connectivity index (χ3v) is 4.70. The van der Waals surface area contributed by atoms with Crippen LogP contribution in [0.4, 0.5) is 10.1 Å². The molecule has 2 rings (SSSR count). The predicted octanol–water partition coefficient (Wildman–Crippen LogP) is 5.49. The van der Waals surface area contributed by atoms with Gasteiger partial charge >= 0.3 is 0 Å². The maximum Gasteiger partial charge on any atom is 0.270 e. The summed E-state index contributed by atoms with van der Waals surface area (Å²) in [6.07, 6.45) is -0.0387. The molecule has 6 heteroatoms. The highest BCUT2D eigenvalue weighted by Crippen LogP contribution is 2.37. The average Bonchev–Trinajstić information content (AvgIpc) is 2.52. The van der Waals surface area contributed by atoms with Crippen LogP contribution in [0.25, 0.3) is 11.1 Å². The standard InChI is InChI=1S/C19H24FNO3Si/c1-19(2,3)18(24-25(4)5)14-8-6-13(7-9-14)16-12-15(21(22)23)10-11-17(16)20/h6-12,18,25H,1-5H3. The Morgan fingerprint density at radius 3 is 2.20 bits per heavy atom. The average molecular weight is 361 g/mol. The first kappa shape index (κ1) is 19.3. The van der Waals surface area contributed by atoms with E-state index in [4.69, 9.17) is 4.43 Å². The summed E-state index contributed by atoms with van der Waals surface area (Å²) in [6, 6.07) is 11.0. The Labute approximate surface area is 149 Å². The second-order valence-corrected chi connectivity index (χ2v) is 9.84. The van der Waals surface area contributed by atoms with Crippen molar-refractivity contribution in [1.82, 2.24) is 0 Å². The minimum atomic E-state index is -1.23. The summed E-state index contributed by atoms with van der Waals surface area (Å²) in [5.74, 6) is -0.475. The van der Waals surface area contributed by atoms with Gasteiger partial charge in [-0.1, -0.05) is 45.0 Å². The van der Waals surface area contributed by atoms with Crippen molar-refractivity contribution in [2.24, 2.45) is 5.41 Å². The first-order valence-corrected chi connectivity index (χ1v) is 11.1. The lowest BCUT2D eigenvalue weighted by molar-refractivity contribution is -0.384. The van der Waals surface area contributed by atoms with Gasteiger partial charge in [0.2, 0.25) is 0 Å². The van der Waals surface area contributed by atoms with E-state index in [1.165, 1.54) is 12.1 Å². The quantitative estimate of drug-likeness (QED) is 0.402. The van der Waals surface area contributed by atoms with Gasteiger partial charge in [0.15, 0.2) is 9.04 Å². The molecule has 0 radical (unpaired) electrons. The van der Waals surface area contributed by atoms with Gasteiger partial charge in [-0.25, -0.2) is 4.39 Å². The molecule has 0 aliphatic carbocycles. The normalized spacial score (nSPS) is 13.1. The molecule has 134 valence electrons. The van der Waals surface area contributed by atoms with Crippen molar-refractivity contribution in [3.8, 4) is 11.1 Å². The molecule has 0 aromatic heterocycles. The van der Waals surface area contributed by atoms with Crippen LogP contribution in [0.2, 0.25) is 13.1 Å². The smallest absolute Gasteiger partial charge is 0.270 e. The van der Waals surface area contributed by atoms with Crippen molar-refractivity contribution >= 4 is 14.7 Å². The van der Waals surface area contributed by atoms with Crippen LogP contribution in [0, 0.1) is 21.3 Å². The Morgan fingerprint density at radius 2 is 1.72 bits per heavy atom. The molecule has 1 unspecified atom stereocenters. The fraction of sp³-hybridized carbons (Fsp3) is 0.368. The fourth-order valence-corrected chi connectivity index (χ4v) is 3.85. The topological polar surface area (TPSA) is 52.4 Å². The zero-order valence-corrected chi connectivity index (χ0v) is 16.4. The van der Waals surface area contributed by atoms with Crippen molar-refractivity contribution in [2.75, 3.05) is 0 Å². The third-order valence-electron chi connectivity index (χ3n) is 3.88. The van der Waals surface area contributed by atoms with Crippen LogP contribution < -0.4 is 0 Å². The van der Waals surface area contributed by atoms with Gasteiger partial charge in [0.1, 0.15) is 5.82 Å². The summed E-state index contributed by atoms with van der Waals surface area (Å²) in [5, 5.41) is 10.9. The number of nitro groups is 1. The Balaban J connectivity index is 2.39. The Hall–Kier alpha value is -2.05. The van der Waals surface area contributed by atoms with E-state index in [2.05, 4.69) is 33.9 Å². The van der Waals surface area contributed by atoms with Crippen LogP contribution in [0.5, 0.6) is 0 Å². The molecule has 2 aromatic carbocycles. The highest BCUT2D eigenvalue weighted by atomic mass is 28.3. The van der Waals surface area contributed by atoms with E-state index in [0.29, 0.717) is 5.56 Å². The van der Waals surface area contributed by atoms with Crippen molar-refractivity contribution in [3.63, 3.8) is 0 Å². The SMILES string of the molecule is C[SiH](C)OC(c1ccc(-c2cc([N+](=O)[O-])ccc2F)cc1)C(C)(C)C. The van der Waals surface area contributed by atoms with E-state index in [1.807, 2.05) is 12.1 Å². The van der Waals surface area contributed by atoms with Crippen molar-refractivity contribution < 1.29 is 13.7 Å². The number of hydrogen-bond donors (Lipinski definition) is 0. The van der Waals surface area contributed by atoms with Crippen molar-refractivity contribution in [2.45, 2.75) is 40.0 Å².